The smallest absolute Gasteiger partial charge is 0.410 e. The maximum Gasteiger partial charge on any atom is 0.410 e. The molecule has 0 unspecified atom stereocenters. The number of hydrogen-bond acceptors (Lipinski definition) is 3. The summed E-state index contributed by atoms with van der Waals surface area (Å²) >= 11 is 0. The van der Waals surface area contributed by atoms with Gasteiger partial charge in [0.05, 0.1) is 6.04 Å². The molecule has 2 saturated heterocycles. The molecule has 16 heavy (non-hydrogen) atoms. The van der Waals surface area contributed by atoms with Crippen LogP contribution in [0.5, 0.6) is 0 Å². The second kappa shape index (κ2) is 3.91. The van der Waals surface area contributed by atoms with Crippen molar-refractivity contribution in [3.63, 3.8) is 0 Å². The highest BCUT2D eigenvalue weighted by molar-refractivity contribution is 5.69. The third-order valence-corrected chi connectivity index (χ3v) is 3.45. The Morgan fingerprint density at radius 3 is 2.56 bits per heavy atom. The predicted octanol–water partition coefficient (Wildman–Crippen LogP) is 1.73. The van der Waals surface area contributed by atoms with Crippen LogP contribution in [0.25, 0.3) is 0 Å². The Labute approximate surface area is 97.1 Å². The summed E-state index contributed by atoms with van der Waals surface area (Å²) in [4.78, 5) is 13.8. The van der Waals surface area contributed by atoms with E-state index in [-0.39, 0.29) is 18.2 Å². The average Bonchev–Trinajstić information content (AvgIpc) is 2.15. The lowest BCUT2D eigenvalue weighted by Gasteiger charge is -2.48. The van der Waals surface area contributed by atoms with E-state index in [9.17, 15) is 4.79 Å². The van der Waals surface area contributed by atoms with E-state index in [1.54, 1.807) is 0 Å². The average molecular weight is 226 g/mol. The van der Waals surface area contributed by atoms with Gasteiger partial charge in [-0.3, -0.25) is 0 Å². The lowest BCUT2D eigenvalue weighted by atomic mass is 9.77. The van der Waals surface area contributed by atoms with E-state index in [1.807, 2.05) is 25.7 Å². The summed E-state index contributed by atoms with van der Waals surface area (Å²) in [6.45, 7) is 6.51. The minimum absolute atomic E-state index is 0.139. The largest absolute Gasteiger partial charge is 0.444 e. The topological polar surface area (TPSA) is 55.6 Å². The third kappa shape index (κ3) is 2.32. The predicted molar refractivity (Wildman–Crippen MR) is 62.0 cm³/mol. The first-order chi connectivity index (χ1) is 7.37. The van der Waals surface area contributed by atoms with Gasteiger partial charge in [0.15, 0.2) is 0 Å². The molecule has 1 amide bonds. The molecule has 3 atom stereocenters. The van der Waals surface area contributed by atoms with Crippen molar-refractivity contribution >= 4 is 6.09 Å². The van der Waals surface area contributed by atoms with E-state index in [1.165, 1.54) is 6.42 Å². The SMILES string of the molecule is CC(C)(C)OC(=O)N1C[C@H]2CC[C@H]1[C@@H](N)C2. The molecule has 0 radical (unpaired) electrons. The molecule has 4 heteroatoms. The number of nitrogens with zero attached hydrogens (tertiary/aromatic N) is 1. The van der Waals surface area contributed by atoms with Crippen molar-refractivity contribution < 1.29 is 9.53 Å². The highest BCUT2D eigenvalue weighted by Gasteiger charge is 2.42. The van der Waals surface area contributed by atoms with Crippen LogP contribution in [0.2, 0.25) is 0 Å². The second-order valence-corrected chi connectivity index (χ2v) is 6.04. The molecule has 1 saturated carbocycles. The van der Waals surface area contributed by atoms with Crippen LogP contribution < -0.4 is 5.73 Å². The van der Waals surface area contributed by atoms with E-state index < -0.39 is 5.60 Å². The molecule has 92 valence electrons. The number of ether oxygens (including phenoxy) is 1. The molecule has 2 aliphatic heterocycles. The van der Waals surface area contributed by atoms with Crippen LogP contribution in [0.1, 0.15) is 40.0 Å². The first-order valence-electron chi connectivity index (χ1n) is 6.12. The highest BCUT2D eigenvalue weighted by Crippen LogP contribution is 2.34. The number of carbonyl (C=O) groups excluding carboxylic acids is 1. The number of hydrogen-bond donors (Lipinski definition) is 1. The van der Waals surface area contributed by atoms with Gasteiger partial charge in [-0.2, -0.15) is 0 Å². The van der Waals surface area contributed by atoms with Gasteiger partial charge in [0.25, 0.3) is 0 Å². The Kier molecular flexibility index (Phi) is 2.86. The van der Waals surface area contributed by atoms with Gasteiger partial charge in [-0.05, 0) is 46.0 Å². The Morgan fingerprint density at radius 2 is 2.06 bits per heavy atom. The van der Waals surface area contributed by atoms with Crippen molar-refractivity contribution in [3.05, 3.63) is 0 Å². The summed E-state index contributed by atoms with van der Waals surface area (Å²) in [5, 5.41) is 0. The summed E-state index contributed by atoms with van der Waals surface area (Å²) < 4.78 is 5.41. The molecular formula is C12H22N2O2. The van der Waals surface area contributed by atoms with Crippen LogP contribution in [-0.2, 0) is 4.74 Å². The van der Waals surface area contributed by atoms with Crippen LogP contribution in [0.4, 0.5) is 4.79 Å². The van der Waals surface area contributed by atoms with Gasteiger partial charge >= 0.3 is 6.09 Å². The fourth-order valence-corrected chi connectivity index (χ4v) is 2.78. The molecule has 3 fully saturated rings. The summed E-state index contributed by atoms with van der Waals surface area (Å²) in [7, 11) is 0. The van der Waals surface area contributed by atoms with Gasteiger partial charge in [-0.1, -0.05) is 0 Å². The lowest BCUT2D eigenvalue weighted by molar-refractivity contribution is -0.0181. The summed E-state index contributed by atoms with van der Waals surface area (Å²) in [6, 6.07) is 0.333. The minimum Gasteiger partial charge on any atom is -0.444 e. The monoisotopic (exact) mass is 226 g/mol. The van der Waals surface area contributed by atoms with Crippen molar-refractivity contribution in [3.8, 4) is 0 Å². The van der Waals surface area contributed by atoms with Gasteiger partial charge < -0.3 is 15.4 Å². The first-order valence-corrected chi connectivity index (χ1v) is 6.12. The molecule has 2 N–H and O–H groups in total. The Morgan fingerprint density at radius 1 is 1.38 bits per heavy atom. The van der Waals surface area contributed by atoms with Crippen molar-refractivity contribution in [2.75, 3.05) is 6.54 Å². The Balaban J connectivity index is 2.02. The molecule has 4 nitrogen and oxygen atoms in total. The Bertz CT molecular complexity index is 285. The maximum absolute atomic E-state index is 12.0. The highest BCUT2D eigenvalue weighted by atomic mass is 16.6. The van der Waals surface area contributed by atoms with Gasteiger partial charge in [0, 0.05) is 12.6 Å². The number of fused-ring (bicyclic) bond motifs is 3. The summed E-state index contributed by atoms with van der Waals surface area (Å²) in [5.41, 5.74) is 5.64. The summed E-state index contributed by atoms with van der Waals surface area (Å²) in [6.07, 6.45) is 3.10. The van der Waals surface area contributed by atoms with Crippen LogP contribution in [-0.4, -0.2) is 35.2 Å². The van der Waals surface area contributed by atoms with Crippen LogP contribution >= 0.6 is 0 Å². The van der Waals surface area contributed by atoms with Gasteiger partial charge in [0.1, 0.15) is 5.60 Å². The third-order valence-electron chi connectivity index (χ3n) is 3.45. The normalized spacial score (nSPS) is 34.0. The number of nitrogens with two attached hydrogens (primary N) is 1. The van der Waals surface area contributed by atoms with Crippen molar-refractivity contribution in [2.24, 2.45) is 11.7 Å². The molecule has 1 aliphatic carbocycles. The standard InChI is InChI=1S/C12H22N2O2/c1-12(2,3)16-11(15)14-7-8-4-5-10(14)9(13)6-8/h8-10H,4-7,13H2,1-3H3/t8-,9-,10-/m0/s1. The molecule has 3 rings (SSSR count). The van der Waals surface area contributed by atoms with Crippen LogP contribution in [0, 0.1) is 5.92 Å². The molecule has 2 bridgehead atoms. The van der Waals surface area contributed by atoms with Crippen LogP contribution in [0.15, 0.2) is 0 Å². The molecule has 0 spiro atoms. The zero-order chi connectivity index (χ0) is 11.9. The van der Waals surface area contributed by atoms with Crippen molar-refractivity contribution in [2.45, 2.75) is 57.7 Å². The fourth-order valence-electron chi connectivity index (χ4n) is 2.78. The molecule has 0 aromatic heterocycles. The lowest BCUT2D eigenvalue weighted by Crippen LogP contribution is -2.61. The van der Waals surface area contributed by atoms with E-state index in [0.717, 1.165) is 19.4 Å². The van der Waals surface area contributed by atoms with Crippen LogP contribution in [0.3, 0.4) is 0 Å². The fraction of sp³-hybridized carbons (Fsp3) is 0.917. The number of amides is 1. The molecule has 0 aromatic carbocycles. The zero-order valence-electron chi connectivity index (χ0n) is 10.4. The number of carbonyl (C=O) groups is 1. The molecule has 3 aliphatic rings. The van der Waals surface area contributed by atoms with Gasteiger partial charge in [-0.15, -0.1) is 0 Å². The first kappa shape index (κ1) is 11.7. The molecule has 2 heterocycles. The second-order valence-electron chi connectivity index (χ2n) is 6.04. The van der Waals surface area contributed by atoms with Gasteiger partial charge in [0.2, 0.25) is 0 Å². The van der Waals surface area contributed by atoms with Gasteiger partial charge in [-0.25, -0.2) is 4.79 Å². The van der Waals surface area contributed by atoms with E-state index >= 15 is 0 Å². The van der Waals surface area contributed by atoms with E-state index in [4.69, 9.17) is 10.5 Å². The van der Waals surface area contributed by atoms with Crippen molar-refractivity contribution in [1.29, 1.82) is 0 Å². The zero-order valence-corrected chi connectivity index (χ0v) is 10.4. The van der Waals surface area contributed by atoms with E-state index in [2.05, 4.69) is 0 Å². The van der Waals surface area contributed by atoms with E-state index in [0.29, 0.717) is 5.92 Å². The molecule has 0 aromatic rings. The maximum atomic E-state index is 12.0. The quantitative estimate of drug-likeness (QED) is 0.684. The molecular weight excluding hydrogens is 204 g/mol. The number of piperidine rings is 2. The Hall–Kier alpha value is -0.770. The summed E-state index contributed by atoms with van der Waals surface area (Å²) in [5.74, 6) is 0.576. The van der Waals surface area contributed by atoms with Crippen molar-refractivity contribution in [1.82, 2.24) is 4.90 Å². The number of rotatable bonds is 0. The minimum atomic E-state index is -0.419.